The molecule has 3 heteroatoms. The zero-order valence-electron chi connectivity index (χ0n) is 25.7. The summed E-state index contributed by atoms with van der Waals surface area (Å²) in [6, 6.07) is 48.9. The van der Waals surface area contributed by atoms with Gasteiger partial charge in [-0.3, -0.25) is 9.38 Å². The first-order chi connectivity index (χ1) is 23.3. The Hall–Kier alpha value is -6.06. The number of pyridine rings is 2. The van der Waals surface area contributed by atoms with Crippen molar-refractivity contribution in [1.29, 1.82) is 0 Å². The average Bonchev–Trinajstić information content (AvgIpc) is 3.54. The highest BCUT2D eigenvalue weighted by Gasteiger charge is 2.18. The van der Waals surface area contributed by atoms with E-state index in [9.17, 15) is 0 Å². The second kappa shape index (κ2) is 10.2. The first-order valence-electron chi connectivity index (χ1n) is 16.3. The molecule has 0 N–H and O–H groups in total. The standard InChI is InChI=1S/C44H29N3/c1-3-13-34-28(9-1)11-7-16-36(34)32-23-31(24-33(25-32)37-17-8-12-29-10-2-4-14-35(29)37)30-19-20-38-39-15-5-6-18-42(39)47-43-27-45-22-21-41(43)46-44(47)40(38)26-30/h1-7,9-11,13-27H,8,12H2. The Morgan fingerprint density at radius 1 is 0.532 bits per heavy atom. The first-order valence-corrected chi connectivity index (χ1v) is 16.3. The molecule has 0 fully saturated rings. The minimum Gasteiger partial charge on any atom is -0.290 e. The molecule has 0 saturated carbocycles. The molecule has 0 radical (unpaired) electrons. The molecular weight excluding hydrogens is 571 g/mol. The molecule has 47 heavy (non-hydrogen) atoms. The Bertz CT molecular complexity index is 2740. The van der Waals surface area contributed by atoms with Crippen LogP contribution in [0.15, 0.2) is 152 Å². The summed E-state index contributed by atoms with van der Waals surface area (Å²) in [6.07, 6.45) is 8.30. The minimum atomic E-state index is 0.950. The van der Waals surface area contributed by atoms with E-state index < -0.39 is 0 Å². The van der Waals surface area contributed by atoms with Gasteiger partial charge in [0.2, 0.25) is 0 Å². The smallest absolute Gasteiger partial charge is 0.146 e. The van der Waals surface area contributed by atoms with Crippen LogP contribution < -0.4 is 0 Å². The zero-order valence-corrected chi connectivity index (χ0v) is 25.7. The van der Waals surface area contributed by atoms with E-state index in [1.165, 1.54) is 66.1 Å². The number of imidazole rings is 1. The van der Waals surface area contributed by atoms with E-state index in [-0.39, 0.29) is 0 Å². The molecule has 1 aliphatic rings. The summed E-state index contributed by atoms with van der Waals surface area (Å²) in [5.74, 6) is 0. The fraction of sp³-hybridized carbons (Fsp3) is 0.0455. The summed E-state index contributed by atoms with van der Waals surface area (Å²) >= 11 is 0. The second-order valence-electron chi connectivity index (χ2n) is 12.6. The third-order valence-corrected chi connectivity index (χ3v) is 9.90. The third kappa shape index (κ3) is 4.06. The molecule has 0 aliphatic heterocycles. The highest BCUT2D eigenvalue weighted by Crippen LogP contribution is 2.40. The molecule has 0 bridgehead atoms. The lowest BCUT2D eigenvalue weighted by atomic mass is 9.84. The topological polar surface area (TPSA) is 30.2 Å². The van der Waals surface area contributed by atoms with E-state index in [0.717, 1.165) is 40.4 Å². The number of fused-ring (bicyclic) bond motifs is 10. The van der Waals surface area contributed by atoms with Gasteiger partial charge in [0.15, 0.2) is 0 Å². The van der Waals surface area contributed by atoms with E-state index in [1.807, 2.05) is 18.5 Å². The van der Waals surface area contributed by atoms with Crippen molar-refractivity contribution >= 4 is 54.7 Å². The summed E-state index contributed by atoms with van der Waals surface area (Å²) in [5.41, 5.74) is 14.2. The number of nitrogens with zero attached hydrogens (tertiary/aromatic N) is 3. The van der Waals surface area contributed by atoms with E-state index in [2.05, 4.69) is 143 Å². The third-order valence-electron chi connectivity index (χ3n) is 9.90. The molecule has 9 aromatic rings. The molecule has 3 heterocycles. The van der Waals surface area contributed by atoms with Crippen LogP contribution in [-0.4, -0.2) is 14.4 Å². The van der Waals surface area contributed by atoms with E-state index >= 15 is 0 Å². The van der Waals surface area contributed by atoms with E-state index in [1.54, 1.807) is 0 Å². The molecule has 0 atom stereocenters. The van der Waals surface area contributed by atoms with Crippen molar-refractivity contribution < 1.29 is 0 Å². The van der Waals surface area contributed by atoms with Crippen molar-refractivity contribution in [3.63, 3.8) is 0 Å². The lowest BCUT2D eigenvalue weighted by Gasteiger charge is -2.20. The summed E-state index contributed by atoms with van der Waals surface area (Å²) in [6.45, 7) is 0. The number of aryl methyl sites for hydroxylation is 1. The van der Waals surface area contributed by atoms with Crippen LogP contribution in [0.1, 0.15) is 23.1 Å². The Morgan fingerprint density at radius 3 is 2.30 bits per heavy atom. The van der Waals surface area contributed by atoms with Crippen LogP contribution in [0, 0.1) is 0 Å². The van der Waals surface area contributed by atoms with Gasteiger partial charge in [-0.1, -0.05) is 103 Å². The van der Waals surface area contributed by atoms with Gasteiger partial charge in [0.25, 0.3) is 0 Å². The minimum absolute atomic E-state index is 0.950. The Morgan fingerprint density at radius 2 is 1.32 bits per heavy atom. The second-order valence-corrected chi connectivity index (χ2v) is 12.6. The van der Waals surface area contributed by atoms with Crippen LogP contribution in [0.2, 0.25) is 0 Å². The van der Waals surface area contributed by atoms with Gasteiger partial charge in [-0.2, -0.15) is 0 Å². The number of benzene rings is 6. The van der Waals surface area contributed by atoms with Crippen molar-refractivity contribution in [3.05, 3.63) is 169 Å². The van der Waals surface area contributed by atoms with Gasteiger partial charge in [0.05, 0.1) is 22.7 Å². The molecule has 10 rings (SSSR count). The fourth-order valence-electron chi connectivity index (χ4n) is 7.73. The van der Waals surface area contributed by atoms with Gasteiger partial charge >= 0.3 is 0 Å². The molecule has 6 aromatic carbocycles. The fourth-order valence-corrected chi connectivity index (χ4v) is 7.73. The van der Waals surface area contributed by atoms with Gasteiger partial charge < -0.3 is 0 Å². The maximum Gasteiger partial charge on any atom is 0.146 e. The monoisotopic (exact) mass is 599 g/mol. The lowest BCUT2D eigenvalue weighted by molar-refractivity contribution is 0.978. The maximum atomic E-state index is 5.16. The predicted molar refractivity (Wildman–Crippen MR) is 196 cm³/mol. The van der Waals surface area contributed by atoms with Crippen LogP contribution in [0.25, 0.3) is 77.0 Å². The molecule has 0 amide bonds. The quantitative estimate of drug-likeness (QED) is 0.189. The highest BCUT2D eigenvalue weighted by atomic mass is 15.0. The van der Waals surface area contributed by atoms with Crippen LogP contribution >= 0.6 is 0 Å². The SMILES string of the molecule is C1=C(c2cc(-c3ccc4c5ccccc5n5c6cnccc6nc5c4c3)cc(-c3cccc4ccccc34)c2)c2ccccc2CC1. The van der Waals surface area contributed by atoms with Crippen LogP contribution in [0.5, 0.6) is 0 Å². The molecule has 0 saturated heterocycles. The molecule has 3 nitrogen and oxygen atoms in total. The number of allylic oxidation sites excluding steroid dienone is 1. The number of hydrogen-bond acceptors (Lipinski definition) is 2. The molecular formula is C44H29N3. The van der Waals surface area contributed by atoms with Crippen molar-refractivity contribution in [2.24, 2.45) is 0 Å². The van der Waals surface area contributed by atoms with Crippen LogP contribution in [0.4, 0.5) is 0 Å². The van der Waals surface area contributed by atoms with Gasteiger partial charge in [-0.05, 0) is 110 Å². The van der Waals surface area contributed by atoms with Gasteiger partial charge in [0, 0.05) is 17.0 Å². The predicted octanol–water partition coefficient (Wildman–Crippen LogP) is 11.1. The average molecular weight is 600 g/mol. The normalized spacial score (nSPS) is 13.1. The molecule has 0 unspecified atom stereocenters. The largest absolute Gasteiger partial charge is 0.290 e. The summed E-state index contributed by atoms with van der Waals surface area (Å²) in [7, 11) is 0. The van der Waals surface area contributed by atoms with Crippen molar-refractivity contribution in [2.75, 3.05) is 0 Å². The van der Waals surface area contributed by atoms with Crippen LogP contribution in [-0.2, 0) is 6.42 Å². The number of para-hydroxylation sites is 1. The van der Waals surface area contributed by atoms with Crippen molar-refractivity contribution in [2.45, 2.75) is 12.8 Å². The Balaban J connectivity index is 1.26. The van der Waals surface area contributed by atoms with Crippen LogP contribution in [0.3, 0.4) is 0 Å². The van der Waals surface area contributed by atoms with Gasteiger partial charge in [-0.25, -0.2) is 4.98 Å². The number of rotatable bonds is 3. The van der Waals surface area contributed by atoms with Crippen molar-refractivity contribution in [3.8, 4) is 22.3 Å². The zero-order chi connectivity index (χ0) is 30.9. The summed E-state index contributed by atoms with van der Waals surface area (Å²) in [5, 5.41) is 6.06. The first kappa shape index (κ1) is 26.2. The molecule has 1 aliphatic carbocycles. The Labute approximate surface area is 272 Å². The lowest BCUT2D eigenvalue weighted by Crippen LogP contribution is -2.01. The van der Waals surface area contributed by atoms with E-state index in [0.29, 0.717) is 0 Å². The molecule has 3 aromatic heterocycles. The maximum absolute atomic E-state index is 5.16. The molecule has 0 spiro atoms. The highest BCUT2D eigenvalue weighted by molar-refractivity contribution is 6.14. The Kier molecular flexibility index (Phi) is 5.70. The summed E-state index contributed by atoms with van der Waals surface area (Å²) in [4.78, 5) is 9.61. The number of aromatic nitrogens is 3. The molecule has 220 valence electrons. The van der Waals surface area contributed by atoms with Crippen molar-refractivity contribution in [1.82, 2.24) is 14.4 Å². The van der Waals surface area contributed by atoms with Gasteiger partial charge in [-0.15, -0.1) is 0 Å². The van der Waals surface area contributed by atoms with Gasteiger partial charge in [0.1, 0.15) is 5.65 Å². The van der Waals surface area contributed by atoms with E-state index in [4.69, 9.17) is 4.98 Å². The summed E-state index contributed by atoms with van der Waals surface area (Å²) < 4.78 is 2.27. The number of hydrogen-bond donors (Lipinski definition) is 0.